The molecule has 1 spiro atoms. The highest BCUT2D eigenvalue weighted by Crippen LogP contribution is 2.67. The Kier molecular flexibility index (Phi) is 7.91. The predicted molar refractivity (Wildman–Crippen MR) is 145 cm³/mol. The van der Waals surface area contributed by atoms with E-state index in [1.807, 2.05) is 51.1 Å². The molecule has 0 saturated carbocycles. The molecule has 3 fully saturated rings. The molecule has 200 valence electrons. The number of fused-ring (bicyclic) bond motifs is 1. The summed E-state index contributed by atoms with van der Waals surface area (Å²) in [5.74, 6) is -2.11. The van der Waals surface area contributed by atoms with Crippen LogP contribution in [0.2, 0.25) is 0 Å². The molecule has 7 nitrogen and oxygen atoms in total. The normalized spacial score (nSPS) is 29.1. The van der Waals surface area contributed by atoms with Crippen molar-refractivity contribution in [3.63, 3.8) is 0 Å². The molecule has 2 amide bonds. The maximum atomic E-state index is 14.5. The smallest absolute Gasteiger partial charge is 0.310 e. The van der Waals surface area contributed by atoms with E-state index in [9.17, 15) is 19.5 Å². The Morgan fingerprint density at radius 1 is 1.27 bits per heavy atom. The highest BCUT2D eigenvalue weighted by atomic mass is 32.2. The lowest BCUT2D eigenvalue weighted by Crippen LogP contribution is -2.59. The van der Waals surface area contributed by atoms with E-state index >= 15 is 0 Å². The third kappa shape index (κ3) is 4.63. The lowest BCUT2D eigenvalue weighted by molar-refractivity contribution is -0.154. The van der Waals surface area contributed by atoms with Crippen LogP contribution in [0.1, 0.15) is 51.6 Å². The molecule has 0 aliphatic carbocycles. The van der Waals surface area contributed by atoms with E-state index < -0.39 is 34.2 Å². The SMILES string of the molecule is C=CCCOC(=O)[C@@H]1[C@H]2C(=O)N([C@H](CO)c3ccccc3)C(C(=O)N(CC=C)C(C)(C)C)C23CC[C@H]1S3. The van der Waals surface area contributed by atoms with Crippen molar-refractivity contribution < 1.29 is 24.2 Å². The van der Waals surface area contributed by atoms with Gasteiger partial charge in [-0.2, -0.15) is 0 Å². The number of carbonyl (C=O) groups excluding carboxylic acids is 3. The number of hydrogen-bond donors (Lipinski definition) is 1. The van der Waals surface area contributed by atoms with Crippen molar-refractivity contribution in [2.45, 2.75) is 67.7 Å². The van der Waals surface area contributed by atoms with Gasteiger partial charge in [0.05, 0.1) is 35.8 Å². The maximum Gasteiger partial charge on any atom is 0.310 e. The Balaban J connectivity index is 1.81. The maximum absolute atomic E-state index is 14.5. The molecule has 8 heteroatoms. The molecule has 4 rings (SSSR count). The zero-order valence-electron chi connectivity index (χ0n) is 22.0. The van der Waals surface area contributed by atoms with Gasteiger partial charge in [-0.3, -0.25) is 14.4 Å². The van der Waals surface area contributed by atoms with Gasteiger partial charge in [0, 0.05) is 17.3 Å². The van der Waals surface area contributed by atoms with E-state index in [-0.39, 0.29) is 36.2 Å². The van der Waals surface area contributed by atoms with Gasteiger partial charge in [0.15, 0.2) is 0 Å². The highest BCUT2D eigenvalue weighted by molar-refractivity contribution is 8.02. The number of hydrogen-bond acceptors (Lipinski definition) is 6. The number of carbonyl (C=O) groups is 3. The monoisotopic (exact) mass is 526 g/mol. The van der Waals surface area contributed by atoms with Crippen LogP contribution in [0.4, 0.5) is 0 Å². The summed E-state index contributed by atoms with van der Waals surface area (Å²) in [6.07, 6.45) is 5.31. The number of esters is 1. The van der Waals surface area contributed by atoms with Gasteiger partial charge in [-0.05, 0) is 45.6 Å². The number of ether oxygens (including phenoxy) is 1. The Morgan fingerprint density at radius 2 is 1.97 bits per heavy atom. The molecular weight excluding hydrogens is 488 g/mol. The average Bonchev–Trinajstić information content (AvgIpc) is 3.50. The van der Waals surface area contributed by atoms with Crippen LogP contribution in [0.5, 0.6) is 0 Å². The number of thioether (sulfide) groups is 1. The van der Waals surface area contributed by atoms with Crippen molar-refractivity contribution in [2.75, 3.05) is 19.8 Å². The Morgan fingerprint density at radius 3 is 2.57 bits per heavy atom. The van der Waals surface area contributed by atoms with Gasteiger partial charge in [-0.15, -0.1) is 24.9 Å². The number of benzene rings is 1. The second-order valence-corrected chi connectivity index (χ2v) is 12.7. The van der Waals surface area contributed by atoms with Gasteiger partial charge in [0.25, 0.3) is 0 Å². The lowest BCUT2D eigenvalue weighted by Gasteiger charge is -2.43. The van der Waals surface area contributed by atoms with Crippen LogP contribution in [-0.4, -0.2) is 74.0 Å². The summed E-state index contributed by atoms with van der Waals surface area (Å²) in [7, 11) is 0. The van der Waals surface area contributed by atoms with E-state index in [4.69, 9.17) is 4.74 Å². The fraction of sp³-hybridized carbons (Fsp3) is 0.552. The fourth-order valence-electron chi connectivity index (χ4n) is 6.31. The summed E-state index contributed by atoms with van der Waals surface area (Å²) in [6, 6.07) is 7.78. The Hall–Kier alpha value is -2.58. The summed E-state index contributed by atoms with van der Waals surface area (Å²) in [5.41, 5.74) is 0.240. The van der Waals surface area contributed by atoms with Gasteiger partial charge in [0.1, 0.15) is 6.04 Å². The summed E-state index contributed by atoms with van der Waals surface area (Å²) in [6.45, 7) is 13.6. The van der Waals surface area contributed by atoms with Crippen LogP contribution in [0.3, 0.4) is 0 Å². The average molecular weight is 527 g/mol. The van der Waals surface area contributed by atoms with Crippen LogP contribution in [0.15, 0.2) is 55.6 Å². The zero-order chi connectivity index (χ0) is 27.0. The highest BCUT2D eigenvalue weighted by Gasteiger charge is 2.75. The molecule has 1 aromatic carbocycles. The molecule has 3 saturated heterocycles. The van der Waals surface area contributed by atoms with E-state index in [1.165, 1.54) is 0 Å². The predicted octanol–water partition coefficient (Wildman–Crippen LogP) is 3.74. The number of nitrogens with zero attached hydrogens (tertiary/aromatic N) is 2. The molecule has 0 radical (unpaired) electrons. The molecule has 3 aliphatic rings. The first kappa shape index (κ1) is 27.5. The van der Waals surface area contributed by atoms with Crippen LogP contribution >= 0.6 is 11.8 Å². The van der Waals surface area contributed by atoms with Crippen molar-refractivity contribution in [2.24, 2.45) is 11.8 Å². The first-order valence-corrected chi connectivity index (χ1v) is 13.9. The molecule has 6 atom stereocenters. The third-order valence-electron chi connectivity index (χ3n) is 7.89. The van der Waals surface area contributed by atoms with Gasteiger partial charge < -0.3 is 19.6 Å². The number of likely N-dealkylation sites (tertiary alicyclic amines) is 1. The summed E-state index contributed by atoms with van der Waals surface area (Å²) in [5, 5.41) is 10.5. The van der Waals surface area contributed by atoms with E-state index in [0.717, 1.165) is 12.0 Å². The fourth-order valence-corrected chi connectivity index (χ4v) is 8.50. The lowest BCUT2D eigenvalue weighted by atomic mass is 9.71. The minimum absolute atomic E-state index is 0.0746. The topological polar surface area (TPSA) is 87.1 Å². The van der Waals surface area contributed by atoms with Crippen molar-refractivity contribution in [3.8, 4) is 0 Å². The summed E-state index contributed by atoms with van der Waals surface area (Å²) in [4.78, 5) is 45.4. The van der Waals surface area contributed by atoms with Crippen molar-refractivity contribution in [1.29, 1.82) is 0 Å². The van der Waals surface area contributed by atoms with Crippen LogP contribution in [-0.2, 0) is 19.1 Å². The first-order chi connectivity index (χ1) is 17.6. The van der Waals surface area contributed by atoms with Gasteiger partial charge in [0.2, 0.25) is 11.8 Å². The molecule has 1 aromatic rings. The summed E-state index contributed by atoms with van der Waals surface area (Å²) >= 11 is 1.60. The Labute approximate surface area is 223 Å². The van der Waals surface area contributed by atoms with E-state index in [0.29, 0.717) is 19.4 Å². The molecule has 3 heterocycles. The van der Waals surface area contributed by atoms with Crippen molar-refractivity contribution in [3.05, 3.63) is 61.2 Å². The van der Waals surface area contributed by atoms with E-state index in [2.05, 4.69) is 13.2 Å². The summed E-state index contributed by atoms with van der Waals surface area (Å²) < 4.78 is 4.81. The molecule has 37 heavy (non-hydrogen) atoms. The van der Waals surface area contributed by atoms with Crippen LogP contribution < -0.4 is 0 Å². The molecule has 2 unspecified atom stereocenters. The molecule has 2 bridgehead atoms. The van der Waals surface area contributed by atoms with Gasteiger partial charge in [-0.25, -0.2) is 0 Å². The molecule has 0 aromatic heterocycles. The van der Waals surface area contributed by atoms with Crippen LogP contribution in [0, 0.1) is 11.8 Å². The second kappa shape index (κ2) is 10.7. The van der Waals surface area contributed by atoms with E-state index in [1.54, 1.807) is 33.7 Å². The Bertz CT molecular complexity index is 1050. The minimum Gasteiger partial charge on any atom is -0.465 e. The zero-order valence-corrected chi connectivity index (χ0v) is 22.8. The molecule has 1 N–H and O–H groups in total. The third-order valence-corrected chi connectivity index (χ3v) is 9.84. The quantitative estimate of drug-likeness (QED) is 0.284. The molecular formula is C29H38N2O5S. The molecule has 3 aliphatic heterocycles. The number of aliphatic hydroxyl groups excluding tert-OH is 1. The standard InChI is InChI=1S/C29H38N2O5S/c1-6-8-17-36-27(35)22-21-14-15-29(37-21)23(22)25(33)31(20(18-32)19-12-10-9-11-13-19)24(29)26(34)30(16-7-2)28(3,4)5/h6-7,9-13,20-24,32H,1-2,8,14-18H2,3-5H3/t20-,21-,22+,23+,24?,29?/m1/s1. The van der Waals surface area contributed by atoms with Gasteiger partial charge >= 0.3 is 5.97 Å². The van der Waals surface area contributed by atoms with Crippen LogP contribution in [0.25, 0.3) is 0 Å². The minimum atomic E-state index is -0.817. The number of amides is 2. The largest absolute Gasteiger partial charge is 0.465 e. The van der Waals surface area contributed by atoms with Crippen molar-refractivity contribution in [1.82, 2.24) is 9.80 Å². The first-order valence-electron chi connectivity index (χ1n) is 13.0. The number of rotatable bonds is 10. The van der Waals surface area contributed by atoms with Crippen molar-refractivity contribution >= 4 is 29.5 Å². The van der Waals surface area contributed by atoms with Gasteiger partial charge in [-0.1, -0.05) is 42.5 Å². The second-order valence-electron chi connectivity index (χ2n) is 11.1. The number of aliphatic hydroxyl groups is 1.